The highest BCUT2D eigenvalue weighted by Crippen LogP contribution is 2.17. The average Bonchev–Trinajstić information content (AvgIpc) is 2.39. The predicted molar refractivity (Wildman–Crippen MR) is 66.9 cm³/mol. The van der Waals surface area contributed by atoms with Gasteiger partial charge in [0, 0.05) is 44.0 Å². The van der Waals surface area contributed by atoms with Crippen molar-refractivity contribution in [1.29, 1.82) is 0 Å². The lowest BCUT2D eigenvalue weighted by Crippen LogP contribution is -2.37. The molecule has 5 heteroatoms. The van der Waals surface area contributed by atoms with Gasteiger partial charge in [-0.05, 0) is 18.4 Å². The molecule has 88 valence electrons. The van der Waals surface area contributed by atoms with Crippen LogP contribution >= 0.6 is 15.9 Å². The van der Waals surface area contributed by atoms with Crippen LogP contribution in [0, 0.1) is 0 Å². The van der Waals surface area contributed by atoms with Gasteiger partial charge in [0.1, 0.15) is 0 Å². The fourth-order valence-electron chi connectivity index (χ4n) is 1.83. The normalized spacial score (nSPS) is 17.4. The maximum Gasteiger partial charge on any atom is 0.225 e. The summed E-state index contributed by atoms with van der Waals surface area (Å²) >= 11 is 3.39. The number of halogens is 1. The van der Waals surface area contributed by atoms with Gasteiger partial charge in [-0.3, -0.25) is 0 Å². The summed E-state index contributed by atoms with van der Waals surface area (Å²) in [4.78, 5) is 10.9. The maximum absolute atomic E-state index is 5.35. The zero-order valence-corrected chi connectivity index (χ0v) is 11.0. The smallest absolute Gasteiger partial charge is 0.225 e. The molecule has 1 aromatic heterocycles. The second-order valence-electron chi connectivity index (χ2n) is 3.98. The van der Waals surface area contributed by atoms with E-state index in [-0.39, 0.29) is 0 Å². The van der Waals surface area contributed by atoms with Crippen molar-refractivity contribution in [2.45, 2.75) is 24.2 Å². The lowest BCUT2D eigenvalue weighted by Gasteiger charge is -2.31. The highest BCUT2D eigenvalue weighted by Gasteiger charge is 2.20. The molecule has 2 rings (SSSR count). The van der Waals surface area contributed by atoms with Crippen LogP contribution < -0.4 is 4.90 Å². The third-order valence-electron chi connectivity index (χ3n) is 2.90. The van der Waals surface area contributed by atoms with Crippen LogP contribution in [-0.2, 0) is 10.1 Å². The van der Waals surface area contributed by atoms with E-state index in [0.29, 0.717) is 6.04 Å². The molecule has 0 spiro atoms. The third kappa shape index (κ3) is 2.71. The number of hydrogen-bond donors (Lipinski definition) is 0. The lowest BCUT2D eigenvalue weighted by molar-refractivity contribution is 0.0852. The molecular weight excluding hydrogens is 270 g/mol. The summed E-state index contributed by atoms with van der Waals surface area (Å²) in [5, 5.41) is 0.800. The molecule has 0 unspecified atom stereocenters. The molecule has 0 atom stereocenters. The number of ether oxygens (including phenoxy) is 1. The number of rotatable bonds is 3. The third-order valence-corrected chi connectivity index (χ3v) is 3.55. The highest BCUT2D eigenvalue weighted by molar-refractivity contribution is 9.08. The maximum atomic E-state index is 5.35. The molecule has 0 saturated carbocycles. The van der Waals surface area contributed by atoms with Crippen LogP contribution in [0.5, 0.6) is 0 Å². The summed E-state index contributed by atoms with van der Waals surface area (Å²) < 4.78 is 5.35. The Morgan fingerprint density at radius 1 is 1.38 bits per heavy atom. The summed E-state index contributed by atoms with van der Waals surface area (Å²) in [7, 11) is 2.05. The number of anilines is 1. The first-order chi connectivity index (χ1) is 7.81. The second kappa shape index (κ2) is 5.59. The standard InChI is InChI=1S/C11H16BrN3O/c1-15(10-2-4-16-5-3-10)11-13-7-9(6-12)8-14-11/h7-8,10H,2-6H2,1H3. The Morgan fingerprint density at radius 2 is 2.00 bits per heavy atom. The van der Waals surface area contributed by atoms with Gasteiger partial charge in [-0.15, -0.1) is 0 Å². The Kier molecular flexibility index (Phi) is 4.12. The minimum absolute atomic E-state index is 0.503. The molecule has 1 fully saturated rings. The van der Waals surface area contributed by atoms with Crippen molar-refractivity contribution < 1.29 is 4.74 Å². The molecule has 0 aliphatic carbocycles. The van der Waals surface area contributed by atoms with E-state index in [9.17, 15) is 0 Å². The van der Waals surface area contributed by atoms with E-state index in [1.807, 2.05) is 12.4 Å². The van der Waals surface area contributed by atoms with Gasteiger partial charge >= 0.3 is 0 Å². The van der Waals surface area contributed by atoms with Crippen molar-refractivity contribution in [2.24, 2.45) is 0 Å². The van der Waals surface area contributed by atoms with E-state index in [1.165, 1.54) is 0 Å². The molecule has 0 radical (unpaired) electrons. The van der Waals surface area contributed by atoms with Crippen molar-refractivity contribution in [3.05, 3.63) is 18.0 Å². The van der Waals surface area contributed by atoms with Crippen LogP contribution in [-0.4, -0.2) is 36.3 Å². The second-order valence-corrected chi connectivity index (χ2v) is 4.54. The fraction of sp³-hybridized carbons (Fsp3) is 0.636. The van der Waals surface area contributed by atoms with Gasteiger partial charge in [0.05, 0.1) is 0 Å². The summed E-state index contributed by atoms with van der Waals surface area (Å²) in [6.07, 6.45) is 5.85. The summed E-state index contributed by atoms with van der Waals surface area (Å²) in [6.45, 7) is 1.68. The summed E-state index contributed by atoms with van der Waals surface area (Å²) in [6, 6.07) is 0.503. The van der Waals surface area contributed by atoms with Crippen LogP contribution in [0.4, 0.5) is 5.95 Å². The Hall–Kier alpha value is -0.680. The van der Waals surface area contributed by atoms with Gasteiger partial charge in [-0.25, -0.2) is 9.97 Å². The minimum atomic E-state index is 0.503. The van der Waals surface area contributed by atoms with Crippen LogP contribution in [0.1, 0.15) is 18.4 Å². The van der Waals surface area contributed by atoms with Gasteiger partial charge < -0.3 is 9.64 Å². The first kappa shape index (κ1) is 11.8. The van der Waals surface area contributed by atoms with Crippen LogP contribution in [0.15, 0.2) is 12.4 Å². The van der Waals surface area contributed by atoms with Gasteiger partial charge in [0.25, 0.3) is 0 Å². The number of alkyl halides is 1. The van der Waals surface area contributed by atoms with E-state index in [1.54, 1.807) is 0 Å². The summed E-state index contributed by atoms with van der Waals surface area (Å²) in [5.41, 5.74) is 1.10. The lowest BCUT2D eigenvalue weighted by atomic mass is 10.1. The zero-order valence-electron chi connectivity index (χ0n) is 9.40. The van der Waals surface area contributed by atoms with Gasteiger partial charge in [-0.2, -0.15) is 0 Å². The predicted octanol–water partition coefficient (Wildman–Crippen LogP) is 1.99. The van der Waals surface area contributed by atoms with E-state index in [0.717, 1.165) is 42.9 Å². The van der Waals surface area contributed by atoms with E-state index in [2.05, 4.69) is 37.8 Å². The fourth-order valence-corrected chi connectivity index (χ4v) is 2.12. The molecule has 0 N–H and O–H groups in total. The van der Waals surface area contributed by atoms with Crippen molar-refractivity contribution in [3.63, 3.8) is 0 Å². The quantitative estimate of drug-likeness (QED) is 0.796. The minimum Gasteiger partial charge on any atom is -0.381 e. The monoisotopic (exact) mass is 285 g/mol. The van der Waals surface area contributed by atoms with Gasteiger partial charge in [0.15, 0.2) is 0 Å². The Balaban J connectivity index is 2.04. The Bertz CT molecular complexity index is 325. The van der Waals surface area contributed by atoms with Crippen LogP contribution in [0.3, 0.4) is 0 Å². The van der Waals surface area contributed by atoms with E-state index >= 15 is 0 Å². The van der Waals surface area contributed by atoms with Gasteiger partial charge in [-0.1, -0.05) is 15.9 Å². The SMILES string of the molecule is CN(c1ncc(CBr)cn1)C1CCOCC1. The molecule has 0 aromatic carbocycles. The number of nitrogens with zero attached hydrogens (tertiary/aromatic N) is 3. The molecule has 0 amide bonds. The summed E-state index contributed by atoms with van der Waals surface area (Å²) in [5.74, 6) is 0.802. The van der Waals surface area contributed by atoms with Crippen molar-refractivity contribution in [2.75, 3.05) is 25.2 Å². The first-order valence-electron chi connectivity index (χ1n) is 5.48. The molecule has 1 aromatic rings. The average molecular weight is 286 g/mol. The topological polar surface area (TPSA) is 38.2 Å². The van der Waals surface area contributed by atoms with Crippen LogP contribution in [0.25, 0.3) is 0 Å². The molecule has 1 saturated heterocycles. The number of aromatic nitrogens is 2. The molecule has 2 heterocycles. The van der Waals surface area contributed by atoms with Crippen LogP contribution in [0.2, 0.25) is 0 Å². The molecular formula is C11H16BrN3O. The largest absolute Gasteiger partial charge is 0.381 e. The first-order valence-corrected chi connectivity index (χ1v) is 6.61. The van der Waals surface area contributed by atoms with Crippen molar-refractivity contribution in [1.82, 2.24) is 9.97 Å². The molecule has 1 aliphatic rings. The van der Waals surface area contributed by atoms with Crippen molar-refractivity contribution in [3.8, 4) is 0 Å². The van der Waals surface area contributed by atoms with Crippen molar-refractivity contribution >= 4 is 21.9 Å². The van der Waals surface area contributed by atoms with Gasteiger partial charge in [0.2, 0.25) is 5.95 Å². The Labute approximate surface area is 104 Å². The Morgan fingerprint density at radius 3 is 2.56 bits per heavy atom. The molecule has 0 bridgehead atoms. The zero-order chi connectivity index (χ0) is 11.4. The number of hydrogen-bond acceptors (Lipinski definition) is 4. The molecule has 4 nitrogen and oxygen atoms in total. The van der Waals surface area contributed by atoms with E-state index in [4.69, 9.17) is 4.74 Å². The van der Waals surface area contributed by atoms with E-state index < -0.39 is 0 Å². The molecule has 1 aliphatic heterocycles. The highest BCUT2D eigenvalue weighted by atomic mass is 79.9. The molecule has 16 heavy (non-hydrogen) atoms.